The molecule has 72 valence electrons. The molecule has 0 aromatic heterocycles. The summed E-state index contributed by atoms with van der Waals surface area (Å²) in [5, 5.41) is 0. The van der Waals surface area contributed by atoms with Crippen LogP contribution >= 0.6 is 11.8 Å². The highest BCUT2D eigenvalue weighted by Crippen LogP contribution is 2.23. The van der Waals surface area contributed by atoms with E-state index >= 15 is 0 Å². The van der Waals surface area contributed by atoms with Gasteiger partial charge < -0.3 is 0 Å². The fraction of sp³-hybridized carbons (Fsp3) is 0.818. The Kier molecular flexibility index (Phi) is 6.64. The normalized spacial score (nSPS) is 16.1. The van der Waals surface area contributed by atoms with Crippen molar-refractivity contribution in [3.8, 4) is 0 Å². The summed E-state index contributed by atoms with van der Waals surface area (Å²) in [6, 6.07) is 0. The summed E-state index contributed by atoms with van der Waals surface area (Å²) in [6.45, 7) is 10.8. The van der Waals surface area contributed by atoms with Gasteiger partial charge in [0.05, 0.1) is 0 Å². The molecule has 0 radical (unpaired) electrons. The van der Waals surface area contributed by atoms with E-state index < -0.39 is 0 Å². The largest absolute Gasteiger partial charge is 0.165 e. The van der Waals surface area contributed by atoms with Crippen LogP contribution in [0.2, 0.25) is 0 Å². The minimum atomic E-state index is 0.697. The van der Waals surface area contributed by atoms with Crippen molar-refractivity contribution in [2.75, 3.05) is 12.0 Å². The third-order valence-corrected chi connectivity index (χ3v) is 2.95. The highest BCUT2D eigenvalue weighted by Gasteiger charge is 2.14. The van der Waals surface area contributed by atoms with E-state index in [4.69, 9.17) is 0 Å². The number of thioether (sulfide) groups is 1. The van der Waals surface area contributed by atoms with Gasteiger partial charge in [-0.15, -0.1) is 6.58 Å². The van der Waals surface area contributed by atoms with Gasteiger partial charge in [0.2, 0.25) is 0 Å². The molecule has 0 rings (SSSR count). The van der Waals surface area contributed by atoms with Crippen LogP contribution in [0.15, 0.2) is 12.7 Å². The minimum Gasteiger partial charge on any atom is -0.165 e. The Morgan fingerprint density at radius 1 is 1.33 bits per heavy atom. The van der Waals surface area contributed by atoms with Crippen LogP contribution in [0.3, 0.4) is 0 Å². The summed E-state index contributed by atoms with van der Waals surface area (Å²) < 4.78 is 0. The topological polar surface area (TPSA) is 0 Å². The quantitative estimate of drug-likeness (QED) is 0.568. The van der Waals surface area contributed by atoms with Crippen LogP contribution < -0.4 is 0 Å². The van der Waals surface area contributed by atoms with Gasteiger partial charge in [-0.2, -0.15) is 11.8 Å². The molecule has 0 aliphatic rings. The van der Waals surface area contributed by atoms with Crippen LogP contribution in [0.1, 0.15) is 27.2 Å². The fourth-order valence-electron chi connectivity index (χ4n) is 1.58. The third kappa shape index (κ3) is 4.87. The SMILES string of the molecule is C=CC(CSC)C(C)CC(C)C. The number of allylic oxidation sites excluding steroid dienone is 1. The Balaban J connectivity index is 3.84. The van der Waals surface area contributed by atoms with Crippen molar-refractivity contribution in [2.45, 2.75) is 27.2 Å². The first-order valence-electron chi connectivity index (χ1n) is 4.73. The summed E-state index contributed by atoms with van der Waals surface area (Å²) in [4.78, 5) is 0. The van der Waals surface area contributed by atoms with Crippen molar-refractivity contribution in [1.82, 2.24) is 0 Å². The Bertz CT molecular complexity index is 118. The van der Waals surface area contributed by atoms with Crippen molar-refractivity contribution in [3.05, 3.63) is 12.7 Å². The molecular formula is C11H22S. The van der Waals surface area contributed by atoms with Crippen LogP contribution in [-0.4, -0.2) is 12.0 Å². The number of hydrogen-bond acceptors (Lipinski definition) is 1. The summed E-state index contributed by atoms with van der Waals surface area (Å²) in [7, 11) is 0. The summed E-state index contributed by atoms with van der Waals surface area (Å²) in [5.41, 5.74) is 0. The zero-order chi connectivity index (χ0) is 9.56. The van der Waals surface area contributed by atoms with Crippen molar-refractivity contribution in [3.63, 3.8) is 0 Å². The van der Waals surface area contributed by atoms with Crippen LogP contribution in [0.5, 0.6) is 0 Å². The molecule has 0 aliphatic heterocycles. The van der Waals surface area contributed by atoms with Crippen molar-refractivity contribution in [2.24, 2.45) is 17.8 Å². The van der Waals surface area contributed by atoms with Crippen LogP contribution in [0.4, 0.5) is 0 Å². The highest BCUT2D eigenvalue weighted by atomic mass is 32.2. The Hall–Kier alpha value is 0.0900. The maximum absolute atomic E-state index is 3.89. The van der Waals surface area contributed by atoms with Crippen LogP contribution in [-0.2, 0) is 0 Å². The lowest BCUT2D eigenvalue weighted by Crippen LogP contribution is -2.13. The van der Waals surface area contributed by atoms with Gasteiger partial charge in [-0.1, -0.05) is 26.8 Å². The fourth-order valence-corrected chi connectivity index (χ4v) is 2.42. The second-order valence-corrected chi connectivity index (χ2v) is 4.87. The molecule has 0 N–H and O–H groups in total. The summed E-state index contributed by atoms with van der Waals surface area (Å²) in [6.07, 6.45) is 5.60. The Morgan fingerprint density at radius 3 is 2.25 bits per heavy atom. The minimum absolute atomic E-state index is 0.697. The van der Waals surface area contributed by atoms with Gasteiger partial charge in [-0.05, 0) is 36.2 Å². The summed E-state index contributed by atoms with van der Waals surface area (Å²) in [5.74, 6) is 3.51. The summed E-state index contributed by atoms with van der Waals surface area (Å²) >= 11 is 1.92. The third-order valence-electron chi connectivity index (χ3n) is 2.24. The first-order valence-corrected chi connectivity index (χ1v) is 6.12. The molecule has 0 nitrogen and oxygen atoms in total. The molecule has 0 saturated heterocycles. The zero-order valence-corrected chi connectivity index (χ0v) is 9.66. The van der Waals surface area contributed by atoms with Crippen molar-refractivity contribution in [1.29, 1.82) is 0 Å². The van der Waals surface area contributed by atoms with Gasteiger partial charge in [-0.3, -0.25) is 0 Å². The lowest BCUT2D eigenvalue weighted by molar-refractivity contribution is 0.374. The van der Waals surface area contributed by atoms with E-state index in [2.05, 4.69) is 39.7 Å². The van der Waals surface area contributed by atoms with Crippen molar-refractivity contribution < 1.29 is 0 Å². The Morgan fingerprint density at radius 2 is 1.92 bits per heavy atom. The predicted molar refractivity (Wildman–Crippen MR) is 60.7 cm³/mol. The van der Waals surface area contributed by atoms with E-state index in [1.165, 1.54) is 12.2 Å². The molecule has 12 heavy (non-hydrogen) atoms. The second kappa shape index (κ2) is 6.59. The van der Waals surface area contributed by atoms with Crippen LogP contribution in [0, 0.1) is 17.8 Å². The molecule has 0 aromatic carbocycles. The molecule has 0 spiro atoms. The first kappa shape index (κ1) is 12.1. The van der Waals surface area contributed by atoms with E-state index in [9.17, 15) is 0 Å². The number of hydrogen-bond donors (Lipinski definition) is 0. The van der Waals surface area contributed by atoms with E-state index in [0.717, 1.165) is 11.8 Å². The maximum atomic E-state index is 3.89. The average Bonchev–Trinajstić information content (AvgIpc) is 1.98. The van der Waals surface area contributed by atoms with Gasteiger partial charge in [0, 0.05) is 0 Å². The molecular weight excluding hydrogens is 164 g/mol. The Labute approximate surface area is 81.8 Å². The molecule has 0 aromatic rings. The molecule has 0 heterocycles. The molecule has 0 aliphatic carbocycles. The van der Waals surface area contributed by atoms with Gasteiger partial charge in [0.15, 0.2) is 0 Å². The van der Waals surface area contributed by atoms with Gasteiger partial charge in [-0.25, -0.2) is 0 Å². The lowest BCUT2D eigenvalue weighted by atomic mass is 9.88. The monoisotopic (exact) mass is 186 g/mol. The van der Waals surface area contributed by atoms with Crippen molar-refractivity contribution >= 4 is 11.8 Å². The van der Waals surface area contributed by atoms with E-state index in [0.29, 0.717) is 5.92 Å². The molecule has 0 bridgehead atoms. The molecule has 0 fully saturated rings. The average molecular weight is 186 g/mol. The highest BCUT2D eigenvalue weighted by molar-refractivity contribution is 7.98. The lowest BCUT2D eigenvalue weighted by Gasteiger charge is -2.21. The zero-order valence-electron chi connectivity index (χ0n) is 8.84. The predicted octanol–water partition coefficient (Wildman–Crippen LogP) is 3.83. The smallest absolute Gasteiger partial charge is 0.000478 e. The molecule has 2 atom stereocenters. The van der Waals surface area contributed by atoms with E-state index in [1.807, 2.05) is 11.8 Å². The first-order chi connectivity index (χ1) is 5.61. The van der Waals surface area contributed by atoms with E-state index in [-0.39, 0.29) is 0 Å². The maximum Gasteiger partial charge on any atom is -0.000478 e. The molecule has 0 amide bonds. The van der Waals surface area contributed by atoms with Gasteiger partial charge in [0.25, 0.3) is 0 Å². The van der Waals surface area contributed by atoms with Crippen LogP contribution in [0.25, 0.3) is 0 Å². The second-order valence-electron chi connectivity index (χ2n) is 3.96. The van der Waals surface area contributed by atoms with E-state index in [1.54, 1.807) is 0 Å². The molecule has 0 saturated carbocycles. The standard InChI is InChI=1S/C11H22S/c1-6-11(8-12-5)10(4)7-9(2)3/h6,9-11H,1,7-8H2,2-5H3. The van der Waals surface area contributed by atoms with Gasteiger partial charge >= 0.3 is 0 Å². The molecule has 1 heteroatoms. The number of rotatable bonds is 6. The van der Waals surface area contributed by atoms with Gasteiger partial charge in [0.1, 0.15) is 0 Å². The molecule has 2 unspecified atom stereocenters.